The number of rotatable bonds is 4. The van der Waals surface area contributed by atoms with Gasteiger partial charge in [0.25, 0.3) is 5.91 Å². The number of hydrogen-bond acceptors (Lipinski definition) is 3. The van der Waals surface area contributed by atoms with E-state index >= 15 is 0 Å². The quantitative estimate of drug-likeness (QED) is 0.798. The number of amides is 1. The zero-order valence-electron chi connectivity index (χ0n) is 11.3. The summed E-state index contributed by atoms with van der Waals surface area (Å²) in [6.07, 6.45) is 1.62. The van der Waals surface area contributed by atoms with Gasteiger partial charge in [-0.1, -0.05) is 42.5 Å². The fraction of sp³-hybridized carbons (Fsp3) is 0.0588. The molecule has 1 unspecified atom stereocenters. The Labute approximate surface area is 127 Å². The van der Waals surface area contributed by atoms with Crippen LogP contribution in [0.2, 0.25) is 0 Å². The molecule has 3 nitrogen and oxygen atoms in total. The van der Waals surface area contributed by atoms with Gasteiger partial charge in [0.2, 0.25) is 0 Å². The lowest BCUT2D eigenvalue weighted by molar-refractivity contribution is 0.0938. The van der Waals surface area contributed by atoms with E-state index < -0.39 is 0 Å². The van der Waals surface area contributed by atoms with Crippen molar-refractivity contribution in [3.63, 3.8) is 0 Å². The molecule has 0 aliphatic rings. The van der Waals surface area contributed by atoms with Gasteiger partial charge in [-0.25, -0.2) is 0 Å². The second-order valence-electron chi connectivity index (χ2n) is 4.55. The molecule has 0 aliphatic carbocycles. The lowest BCUT2D eigenvalue weighted by atomic mass is 10.1. The minimum absolute atomic E-state index is 0.152. The summed E-state index contributed by atoms with van der Waals surface area (Å²) in [5.41, 5.74) is 1.49. The Morgan fingerprint density at radius 1 is 1.00 bits per heavy atom. The summed E-state index contributed by atoms with van der Waals surface area (Å²) in [5.74, 6) is -0.169. The van der Waals surface area contributed by atoms with Crippen LogP contribution in [0.25, 0.3) is 0 Å². The first kappa shape index (κ1) is 13.5. The minimum Gasteiger partial charge on any atom is -0.339 e. The van der Waals surface area contributed by atoms with Gasteiger partial charge >= 0.3 is 0 Å². The number of aromatic nitrogens is 1. The molecule has 1 amide bonds. The van der Waals surface area contributed by atoms with E-state index in [-0.39, 0.29) is 11.9 Å². The van der Waals surface area contributed by atoms with Crippen molar-refractivity contribution in [1.29, 1.82) is 0 Å². The Kier molecular flexibility index (Phi) is 4.07. The van der Waals surface area contributed by atoms with Gasteiger partial charge in [0, 0.05) is 11.1 Å². The van der Waals surface area contributed by atoms with Gasteiger partial charge in [-0.05, 0) is 29.1 Å². The largest absolute Gasteiger partial charge is 0.339 e. The number of carbonyl (C=O) groups excluding carboxylic acids is 1. The number of hydrogen-bond donors (Lipinski definition) is 1. The van der Waals surface area contributed by atoms with E-state index in [1.165, 1.54) is 0 Å². The van der Waals surface area contributed by atoms with Gasteiger partial charge < -0.3 is 5.32 Å². The van der Waals surface area contributed by atoms with Crippen LogP contribution < -0.4 is 5.32 Å². The first-order valence-corrected chi connectivity index (χ1v) is 7.53. The van der Waals surface area contributed by atoms with E-state index in [0.717, 1.165) is 10.4 Å². The van der Waals surface area contributed by atoms with Crippen LogP contribution in [0.1, 0.15) is 27.0 Å². The molecule has 0 saturated carbocycles. The van der Waals surface area contributed by atoms with Crippen LogP contribution in [0.15, 0.2) is 72.2 Å². The fourth-order valence-corrected chi connectivity index (χ4v) is 2.92. The standard InChI is InChI=1S/C17H14N2OS/c20-17(14-9-4-5-11-18-14)19-16(15-10-6-12-21-15)13-7-2-1-3-8-13/h1-12,16H,(H,19,20). The molecular weight excluding hydrogens is 280 g/mol. The number of nitrogens with one attached hydrogen (secondary N) is 1. The monoisotopic (exact) mass is 294 g/mol. The first-order valence-electron chi connectivity index (χ1n) is 6.65. The maximum atomic E-state index is 12.4. The predicted octanol–water partition coefficient (Wildman–Crippen LogP) is 3.66. The third kappa shape index (κ3) is 3.17. The molecule has 2 heterocycles. The van der Waals surface area contributed by atoms with Gasteiger partial charge in [0.15, 0.2) is 0 Å². The zero-order valence-corrected chi connectivity index (χ0v) is 12.1. The fourth-order valence-electron chi connectivity index (χ4n) is 2.12. The summed E-state index contributed by atoms with van der Waals surface area (Å²) in [6, 6.07) is 19.1. The average molecular weight is 294 g/mol. The number of benzene rings is 1. The van der Waals surface area contributed by atoms with Crippen molar-refractivity contribution in [2.24, 2.45) is 0 Å². The lowest BCUT2D eigenvalue weighted by Crippen LogP contribution is -2.29. The topological polar surface area (TPSA) is 42.0 Å². The maximum absolute atomic E-state index is 12.4. The van der Waals surface area contributed by atoms with Gasteiger partial charge in [0.05, 0.1) is 6.04 Å². The van der Waals surface area contributed by atoms with Crippen molar-refractivity contribution in [2.45, 2.75) is 6.04 Å². The van der Waals surface area contributed by atoms with Crippen molar-refractivity contribution < 1.29 is 4.79 Å². The van der Waals surface area contributed by atoms with E-state index in [4.69, 9.17) is 0 Å². The molecule has 0 saturated heterocycles. The van der Waals surface area contributed by atoms with Crippen LogP contribution >= 0.6 is 11.3 Å². The van der Waals surface area contributed by atoms with E-state index in [9.17, 15) is 4.79 Å². The highest BCUT2D eigenvalue weighted by atomic mass is 32.1. The zero-order chi connectivity index (χ0) is 14.5. The molecule has 4 heteroatoms. The summed E-state index contributed by atoms with van der Waals surface area (Å²) >= 11 is 1.63. The normalized spacial score (nSPS) is 11.8. The molecule has 104 valence electrons. The van der Waals surface area contributed by atoms with Crippen LogP contribution in [-0.4, -0.2) is 10.9 Å². The molecule has 0 bridgehead atoms. The van der Waals surface area contributed by atoms with Crippen LogP contribution in [0.3, 0.4) is 0 Å². The van der Waals surface area contributed by atoms with Gasteiger partial charge in [0.1, 0.15) is 5.69 Å². The second kappa shape index (κ2) is 6.33. The van der Waals surface area contributed by atoms with Crippen molar-refractivity contribution in [3.05, 3.63) is 88.4 Å². The van der Waals surface area contributed by atoms with E-state index in [1.54, 1.807) is 29.7 Å². The lowest BCUT2D eigenvalue weighted by Gasteiger charge is -2.17. The van der Waals surface area contributed by atoms with Crippen molar-refractivity contribution in [2.75, 3.05) is 0 Å². The molecule has 2 aromatic heterocycles. The molecule has 0 aliphatic heterocycles. The van der Waals surface area contributed by atoms with Crippen molar-refractivity contribution >= 4 is 17.2 Å². The predicted molar refractivity (Wildman–Crippen MR) is 84.3 cm³/mol. The van der Waals surface area contributed by atoms with Crippen molar-refractivity contribution in [1.82, 2.24) is 10.3 Å². The van der Waals surface area contributed by atoms with Crippen molar-refractivity contribution in [3.8, 4) is 0 Å². The van der Waals surface area contributed by atoms with E-state index in [1.807, 2.05) is 53.9 Å². The summed E-state index contributed by atoms with van der Waals surface area (Å²) in [4.78, 5) is 17.6. The third-order valence-electron chi connectivity index (χ3n) is 3.13. The Bertz CT molecular complexity index is 696. The smallest absolute Gasteiger partial charge is 0.270 e. The van der Waals surface area contributed by atoms with E-state index in [0.29, 0.717) is 5.69 Å². The molecule has 0 spiro atoms. The summed E-state index contributed by atoms with van der Waals surface area (Å²) in [5, 5.41) is 5.07. The molecule has 21 heavy (non-hydrogen) atoms. The summed E-state index contributed by atoms with van der Waals surface area (Å²) in [7, 11) is 0. The molecule has 1 atom stereocenters. The first-order chi connectivity index (χ1) is 10.3. The van der Waals surface area contributed by atoms with Gasteiger partial charge in [-0.3, -0.25) is 9.78 Å². The number of thiophene rings is 1. The molecule has 1 aromatic carbocycles. The molecular formula is C17H14N2OS. The van der Waals surface area contributed by atoms with Gasteiger partial charge in [-0.2, -0.15) is 0 Å². The number of carbonyl (C=O) groups is 1. The highest BCUT2D eigenvalue weighted by Gasteiger charge is 2.18. The summed E-state index contributed by atoms with van der Waals surface area (Å²) < 4.78 is 0. The Hall–Kier alpha value is -2.46. The summed E-state index contributed by atoms with van der Waals surface area (Å²) in [6.45, 7) is 0. The molecule has 0 fully saturated rings. The third-order valence-corrected chi connectivity index (χ3v) is 4.07. The second-order valence-corrected chi connectivity index (χ2v) is 5.53. The highest BCUT2D eigenvalue weighted by molar-refractivity contribution is 7.10. The minimum atomic E-state index is -0.169. The van der Waals surface area contributed by atoms with Crippen LogP contribution in [-0.2, 0) is 0 Å². The highest BCUT2D eigenvalue weighted by Crippen LogP contribution is 2.26. The molecule has 3 rings (SSSR count). The van der Waals surface area contributed by atoms with Crippen LogP contribution in [0, 0.1) is 0 Å². The number of nitrogens with zero attached hydrogens (tertiary/aromatic N) is 1. The SMILES string of the molecule is O=C(NC(c1ccccc1)c1cccs1)c1ccccn1. The number of pyridine rings is 1. The average Bonchev–Trinajstić information content (AvgIpc) is 3.08. The Morgan fingerprint density at radius 2 is 1.81 bits per heavy atom. The maximum Gasteiger partial charge on any atom is 0.270 e. The Morgan fingerprint density at radius 3 is 2.48 bits per heavy atom. The van der Waals surface area contributed by atoms with E-state index in [2.05, 4.69) is 10.3 Å². The van der Waals surface area contributed by atoms with Crippen LogP contribution in [0.5, 0.6) is 0 Å². The molecule has 3 aromatic rings. The molecule has 1 N–H and O–H groups in total. The van der Waals surface area contributed by atoms with Crippen LogP contribution in [0.4, 0.5) is 0 Å². The molecule has 0 radical (unpaired) electrons. The van der Waals surface area contributed by atoms with Gasteiger partial charge in [-0.15, -0.1) is 11.3 Å². The Balaban J connectivity index is 1.89.